The standard InChI is InChI=1S/C18H14ClNO2/c1-2-22-18(21)15-11-17(12-6-5-7-13(19)10-12)20-16-9-4-3-8-14(15)16/h3-11H,2H2,1H3. The minimum Gasteiger partial charge on any atom is -0.462 e. The molecule has 3 nitrogen and oxygen atoms in total. The van der Waals surface area contributed by atoms with Crippen molar-refractivity contribution in [2.45, 2.75) is 6.92 Å². The number of halogens is 1. The van der Waals surface area contributed by atoms with Crippen molar-refractivity contribution in [3.05, 3.63) is 65.2 Å². The van der Waals surface area contributed by atoms with Gasteiger partial charge in [-0.05, 0) is 31.2 Å². The Labute approximate surface area is 133 Å². The Morgan fingerprint density at radius 1 is 1.14 bits per heavy atom. The Bertz CT molecular complexity index is 845. The van der Waals surface area contributed by atoms with Crippen molar-refractivity contribution in [1.29, 1.82) is 0 Å². The second-order valence-corrected chi connectivity index (χ2v) is 5.24. The number of aromatic nitrogens is 1. The number of benzene rings is 2. The van der Waals surface area contributed by atoms with Gasteiger partial charge in [-0.3, -0.25) is 0 Å². The fourth-order valence-electron chi connectivity index (χ4n) is 2.35. The van der Waals surface area contributed by atoms with Gasteiger partial charge in [-0.15, -0.1) is 0 Å². The molecule has 0 saturated heterocycles. The number of nitrogens with zero attached hydrogens (tertiary/aromatic N) is 1. The molecule has 3 rings (SSSR count). The predicted octanol–water partition coefficient (Wildman–Crippen LogP) is 4.73. The van der Waals surface area contributed by atoms with Crippen LogP contribution in [-0.4, -0.2) is 17.6 Å². The van der Waals surface area contributed by atoms with E-state index in [1.54, 1.807) is 19.1 Å². The Kier molecular flexibility index (Phi) is 4.07. The SMILES string of the molecule is CCOC(=O)c1cc(-c2cccc(Cl)c2)nc2ccccc12. The van der Waals surface area contributed by atoms with Gasteiger partial charge < -0.3 is 4.74 Å². The maximum Gasteiger partial charge on any atom is 0.338 e. The number of carbonyl (C=O) groups is 1. The summed E-state index contributed by atoms with van der Waals surface area (Å²) in [5.74, 6) is -0.343. The quantitative estimate of drug-likeness (QED) is 0.656. The molecule has 0 amide bonds. The highest BCUT2D eigenvalue weighted by atomic mass is 35.5. The smallest absolute Gasteiger partial charge is 0.338 e. The van der Waals surface area contributed by atoms with Crippen molar-refractivity contribution < 1.29 is 9.53 Å². The largest absolute Gasteiger partial charge is 0.462 e. The number of fused-ring (bicyclic) bond motifs is 1. The number of para-hydroxylation sites is 1. The maximum absolute atomic E-state index is 12.2. The third-order valence-electron chi connectivity index (χ3n) is 3.33. The van der Waals surface area contributed by atoms with E-state index in [9.17, 15) is 4.79 Å². The van der Waals surface area contributed by atoms with Gasteiger partial charge in [0.25, 0.3) is 0 Å². The van der Waals surface area contributed by atoms with Crippen LogP contribution in [0.5, 0.6) is 0 Å². The summed E-state index contributed by atoms with van der Waals surface area (Å²) in [6.45, 7) is 2.13. The first-order chi connectivity index (χ1) is 10.7. The highest BCUT2D eigenvalue weighted by Gasteiger charge is 2.14. The van der Waals surface area contributed by atoms with E-state index in [4.69, 9.17) is 16.3 Å². The molecule has 0 N–H and O–H groups in total. The molecule has 1 heterocycles. The van der Waals surface area contributed by atoms with E-state index in [2.05, 4.69) is 4.98 Å². The zero-order chi connectivity index (χ0) is 15.5. The van der Waals surface area contributed by atoms with Crippen LogP contribution in [0.4, 0.5) is 0 Å². The normalized spacial score (nSPS) is 10.6. The molecule has 0 aliphatic heterocycles. The summed E-state index contributed by atoms with van der Waals surface area (Å²) in [4.78, 5) is 16.9. The van der Waals surface area contributed by atoms with Crippen molar-refractivity contribution in [3.8, 4) is 11.3 Å². The van der Waals surface area contributed by atoms with Crippen molar-refractivity contribution in [1.82, 2.24) is 4.98 Å². The fourth-order valence-corrected chi connectivity index (χ4v) is 2.54. The van der Waals surface area contributed by atoms with E-state index >= 15 is 0 Å². The molecule has 0 saturated carbocycles. The van der Waals surface area contributed by atoms with Gasteiger partial charge in [0.2, 0.25) is 0 Å². The van der Waals surface area contributed by atoms with Crippen LogP contribution >= 0.6 is 11.6 Å². The lowest BCUT2D eigenvalue weighted by Crippen LogP contribution is -2.06. The van der Waals surface area contributed by atoms with Gasteiger partial charge in [0, 0.05) is 16.0 Å². The van der Waals surface area contributed by atoms with Gasteiger partial charge >= 0.3 is 5.97 Å². The van der Waals surface area contributed by atoms with E-state index in [0.717, 1.165) is 16.5 Å². The molecule has 110 valence electrons. The number of pyridine rings is 1. The third-order valence-corrected chi connectivity index (χ3v) is 3.57. The van der Waals surface area contributed by atoms with Gasteiger partial charge in [-0.25, -0.2) is 9.78 Å². The van der Waals surface area contributed by atoms with E-state index in [-0.39, 0.29) is 5.97 Å². The Morgan fingerprint density at radius 2 is 1.95 bits per heavy atom. The lowest BCUT2D eigenvalue weighted by molar-refractivity contribution is 0.0528. The van der Waals surface area contributed by atoms with E-state index < -0.39 is 0 Å². The number of carbonyl (C=O) groups excluding carboxylic acids is 1. The lowest BCUT2D eigenvalue weighted by atomic mass is 10.0. The van der Waals surface area contributed by atoms with Crippen LogP contribution in [0.15, 0.2) is 54.6 Å². The summed E-state index contributed by atoms with van der Waals surface area (Å²) in [7, 11) is 0. The Hall–Kier alpha value is -2.39. The van der Waals surface area contributed by atoms with Gasteiger partial charge in [0.05, 0.1) is 23.4 Å². The molecule has 0 atom stereocenters. The maximum atomic E-state index is 12.2. The number of esters is 1. The molecule has 0 aliphatic carbocycles. The fraction of sp³-hybridized carbons (Fsp3) is 0.111. The molecular formula is C18H14ClNO2. The van der Waals surface area contributed by atoms with Gasteiger partial charge in [0.1, 0.15) is 0 Å². The van der Waals surface area contributed by atoms with Crippen LogP contribution in [0.1, 0.15) is 17.3 Å². The Balaban J connectivity index is 2.22. The zero-order valence-corrected chi connectivity index (χ0v) is 12.8. The minimum absolute atomic E-state index is 0.335. The zero-order valence-electron chi connectivity index (χ0n) is 12.0. The lowest BCUT2D eigenvalue weighted by Gasteiger charge is -2.09. The molecule has 2 aromatic carbocycles. The summed E-state index contributed by atoms with van der Waals surface area (Å²) in [6.07, 6.45) is 0. The van der Waals surface area contributed by atoms with Gasteiger partial charge in [0.15, 0.2) is 0 Å². The van der Waals surface area contributed by atoms with Crippen LogP contribution in [0.2, 0.25) is 5.02 Å². The highest BCUT2D eigenvalue weighted by molar-refractivity contribution is 6.30. The van der Waals surface area contributed by atoms with Crippen molar-refractivity contribution in [3.63, 3.8) is 0 Å². The number of hydrogen-bond donors (Lipinski definition) is 0. The van der Waals surface area contributed by atoms with Crippen LogP contribution in [0.3, 0.4) is 0 Å². The van der Waals surface area contributed by atoms with Crippen LogP contribution in [0.25, 0.3) is 22.2 Å². The van der Waals surface area contributed by atoms with E-state index in [0.29, 0.717) is 22.9 Å². The van der Waals surface area contributed by atoms with Crippen LogP contribution in [0, 0.1) is 0 Å². The first kappa shape index (κ1) is 14.5. The second kappa shape index (κ2) is 6.16. The van der Waals surface area contributed by atoms with Gasteiger partial charge in [-0.1, -0.05) is 41.9 Å². The molecule has 3 aromatic rings. The molecule has 0 spiro atoms. The van der Waals surface area contributed by atoms with Crippen molar-refractivity contribution in [2.75, 3.05) is 6.61 Å². The summed E-state index contributed by atoms with van der Waals surface area (Å²) < 4.78 is 5.16. The predicted molar refractivity (Wildman–Crippen MR) is 88.1 cm³/mol. The molecule has 1 aromatic heterocycles. The summed E-state index contributed by atoms with van der Waals surface area (Å²) in [6, 6.07) is 16.7. The first-order valence-corrected chi connectivity index (χ1v) is 7.39. The Morgan fingerprint density at radius 3 is 2.73 bits per heavy atom. The molecule has 0 bridgehead atoms. The highest BCUT2D eigenvalue weighted by Crippen LogP contribution is 2.27. The molecule has 0 unspecified atom stereocenters. The molecule has 0 aliphatic rings. The summed E-state index contributed by atoms with van der Waals surface area (Å²) in [5, 5.41) is 1.41. The molecule has 4 heteroatoms. The van der Waals surface area contributed by atoms with Crippen LogP contribution in [-0.2, 0) is 4.74 Å². The first-order valence-electron chi connectivity index (χ1n) is 7.02. The van der Waals surface area contributed by atoms with E-state index in [1.165, 1.54) is 0 Å². The van der Waals surface area contributed by atoms with Crippen molar-refractivity contribution in [2.24, 2.45) is 0 Å². The number of rotatable bonds is 3. The molecule has 0 radical (unpaired) electrons. The number of ether oxygens (including phenoxy) is 1. The van der Waals surface area contributed by atoms with Gasteiger partial charge in [-0.2, -0.15) is 0 Å². The molecular weight excluding hydrogens is 298 g/mol. The van der Waals surface area contributed by atoms with Crippen molar-refractivity contribution >= 4 is 28.5 Å². The average Bonchev–Trinajstić information content (AvgIpc) is 2.54. The monoisotopic (exact) mass is 311 g/mol. The third kappa shape index (κ3) is 2.81. The average molecular weight is 312 g/mol. The summed E-state index contributed by atoms with van der Waals surface area (Å²) in [5.41, 5.74) is 2.83. The van der Waals surface area contributed by atoms with E-state index in [1.807, 2.05) is 42.5 Å². The topological polar surface area (TPSA) is 39.2 Å². The second-order valence-electron chi connectivity index (χ2n) is 4.80. The molecule has 22 heavy (non-hydrogen) atoms. The number of hydrogen-bond acceptors (Lipinski definition) is 3. The van der Waals surface area contributed by atoms with Crippen LogP contribution < -0.4 is 0 Å². The minimum atomic E-state index is -0.343. The summed E-state index contributed by atoms with van der Waals surface area (Å²) >= 11 is 6.05. The molecule has 0 fully saturated rings.